The average Bonchev–Trinajstić information content (AvgIpc) is 2.52. The van der Waals surface area contributed by atoms with Gasteiger partial charge in [-0.2, -0.15) is 26.3 Å². The molecule has 0 aliphatic rings. The minimum absolute atomic E-state index is 0.0479. The van der Waals surface area contributed by atoms with Gasteiger partial charge in [0.2, 0.25) is 12.4 Å². The first-order valence-corrected chi connectivity index (χ1v) is 8.14. The van der Waals surface area contributed by atoms with Crippen molar-refractivity contribution in [3.8, 4) is 5.75 Å². The van der Waals surface area contributed by atoms with Gasteiger partial charge in [0.25, 0.3) is 10.0 Å². The fraction of sp³-hybridized carbons (Fsp3) is 0.417. The highest BCUT2D eigenvalue weighted by molar-refractivity contribution is 7.89. The topological polar surface area (TPSA) is 96.5 Å². The highest BCUT2D eigenvalue weighted by Gasteiger charge is 2.68. The lowest BCUT2D eigenvalue weighted by Gasteiger charge is -2.34. The Hall–Kier alpha value is -2.29. The van der Waals surface area contributed by atoms with E-state index < -0.39 is 45.7 Å². The van der Waals surface area contributed by atoms with Gasteiger partial charge in [-0.25, -0.2) is 17.6 Å². The predicted molar refractivity (Wildman–Crippen MR) is 75.5 cm³/mol. The summed E-state index contributed by atoms with van der Waals surface area (Å²) in [5.41, 5.74) is -3.44. The van der Waals surface area contributed by atoms with E-state index in [4.69, 9.17) is 0 Å². The molecule has 2 amide bonds. The van der Waals surface area contributed by atoms with Gasteiger partial charge in [0.1, 0.15) is 5.75 Å². The Morgan fingerprint density at radius 3 is 1.93 bits per heavy atom. The van der Waals surface area contributed by atoms with E-state index in [1.54, 1.807) is 0 Å². The molecule has 1 rings (SSSR count). The molecule has 0 bridgehead atoms. The van der Waals surface area contributed by atoms with E-state index in [1.807, 2.05) is 0 Å². The molecule has 1 aromatic carbocycles. The van der Waals surface area contributed by atoms with E-state index in [0.29, 0.717) is 5.32 Å². The van der Waals surface area contributed by atoms with Gasteiger partial charge in [-0.05, 0) is 31.2 Å². The number of urea groups is 1. The highest BCUT2D eigenvalue weighted by Crippen LogP contribution is 2.42. The molecule has 0 saturated heterocycles. The summed E-state index contributed by atoms with van der Waals surface area (Å²) >= 11 is 0. The number of carbonyl (C=O) groups excluding carboxylic acids is 1. The fourth-order valence-electron chi connectivity index (χ4n) is 1.51. The van der Waals surface area contributed by atoms with Crippen LogP contribution >= 0.6 is 0 Å². The molecule has 0 aromatic heterocycles. The van der Waals surface area contributed by atoms with E-state index in [-0.39, 0.29) is 12.7 Å². The van der Waals surface area contributed by atoms with Crippen LogP contribution in [0.1, 0.15) is 6.92 Å². The first kappa shape index (κ1) is 22.8. The molecule has 0 heterocycles. The lowest BCUT2D eigenvalue weighted by atomic mass is 10.0. The quantitative estimate of drug-likeness (QED) is 0.480. The standard InChI is InChI=1S/C12H12F7N3O4S/c1-10(11(14,15)16,12(17,18)19)20-9(23)21-22-27(24,25)8-4-2-7(3-5-8)26-6-13/h2-5,22H,6H2,1H3,(H2,20,21,23). The molecular weight excluding hydrogens is 415 g/mol. The first-order chi connectivity index (χ1) is 12.1. The smallest absolute Gasteiger partial charge is 0.420 e. The second-order valence-electron chi connectivity index (χ2n) is 5.03. The summed E-state index contributed by atoms with van der Waals surface area (Å²) in [6, 6.07) is 1.73. The second-order valence-corrected chi connectivity index (χ2v) is 6.71. The van der Waals surface area contributed by atoms with Crippen LogP contribution < -0.4 is 20.3 Å². The maximum Gasteiger partial charge on any atom is 0.420 e. The van der Waals surface area contributed by atoms with Crippen molar-refractivity contribution in [2.45, 2.75) is 29.7 Å². The van der Waals surface area contributed by atoms with Gasteiger partial charge < -0.3 is 10.1 Å². The third-order valence-electron chi connectivity index (χ3n) is 3.15. The molecule has 3 N–H and O–H groups in total. The predicted octanol–water partition coefficient (Wildman–Crippen LogP) is 2.37. The number of sulfonamides is 1. The monoisotopic (exact) mass is 427 g/mol. The highest BCUT2D eigenvalue weighted by atomic mass is 32.2. The maximum absolute atomic E-state index is 12.7. The van der Waals surface area contributed by atoms with Gasteiger partial charge in [0.05, 0.1) is 4.90 Å². The number of benzene rings is 1. The number of amides is 2. The van der Waals surface area contributed by atoms with Crippen LogP contribution in [0.2, 0.25) is 0 Å². The first-order valence-electron chi connectivity index (χ1n) is 6.66. The minimum Gasteiger partial charge on any atom is -0.463 e. The zero-order chi connectivity index (χ0) is 21.1. The molecule has 15 heteroatoms. The minimum atomic E-state index is -5.91. The largest absolute Gasteiger partial charge is 0.463 e. The van der Waals surface area contributed by atoms with Gasteiger partial charge in [0.15, 0.2) is 0 Å². The van der Waals surface area contributed by atoms with Crippen LogP contribution in [0.15, 0.2) is 29.2 Å². The molecule has 0 aliphatic carbocycles. The van der Waals surface area contributed by atoms with E-state index in [1.165, 1.54) is 10.3 Å². The van der Waals surface area contributed by atoms with Crippen LogP contribution in [-0.2, 0) is 10.0 Å². The Labute approximate surface area is 147 Å². The van der Waals surface area contributed by atoms with Gasteiger partial charge in [0, 0.05) is 0 Å². The second kappa shape index (κ2) is 7.75. The van der Waals surface area contributed by atoms with Crippen LogP contribution in [0.3, 0.4) is 0 Å². The maximum atomic E-state index is 12.7. The molecule has 0 spiro atoms. The molecule has 27 heavy (non-hydrogen) atoms. The third-order valence-corrected chi connectivity index (χ3v) is 4.42. The van der Waals surface area contributed by atoms with Crippen molar-refractivity contribution in [2.75, 3.05) is 6.86 Å². The lowest BCUT2D eigenvalue weighted by molar-refractivity contribution is -0.297. The lowest BCUT2D eigenvalue weighted by Crippen LogP contribution is -2.67. The van der Waals surface area contributed by atoms with Crippen LogP contribution in [0, 0.1) is 0 Å². The number of rotatable bonds is 6. The van der Waals surface area contributed by atoms with Crippen molar-refractivity contribution < 1.29 is 48.7 Å². The van der Waals surface area contributed by atoms with Crippen molar-refractivity contribution in [2.24, 2.45) is 0 Å². The molecule has 0 fully saturated rings. The van der Waals surface area contributed by atoms with Gasteiger partial charge in [-0.1, -0.05) is 0 Å². The number of hydrogen-bond donors (Lipinski definition) is 3. The summed E-state index contributed by atoms with van der Waals surface area (Å²) in [5.74, 6) is -0.0479. The Morgan fingerprint density at radius 2 is 1.52 bits per heavy atom. The number of ether oxygens (including phenoxy) is 1. The molecule has 0 unspecified atom stereocenters. The Balaban J connectivity index is 2.85. The number of halogens is 7. The summed E-state index contributed by atoms with van der Waals surface area (Å²) in [4.78, 5) is 12.1. The normalized spacial score (nSPS) is 13.2. The van der Waals surface area contributed by atoms with Crippen LogP contribution in [0.5, 0.6) is 5.75 Å². The molecule has 0 saturated carbocycles. The zero-order valence-corrected chi connectivity index (χ0v) is 14.0. The Bertz CT molecular complexity index is 749. The number of hydrazine groups is 1. The SMILES string of the molecule is CC(NC(=O)NNS(=O)(=O)c1ccc(OCF)cc1)(C(F)(F)F)C(F)(F)F. The number of hydrogen-bond acceptors (Lipinski definition) is 4. The van der Waals surface area contributed by atoms with E-state index in [0.717, 1.165) is 24.3 Å². The Morgan fingerprint density at radius 1 is 1.04 bits per heavy atom. The third kappa shape index (κ3) is 5.35. The van der Waals surface area contributed by atoms with Crippen molar-refractivity contribution in [1.82, 2.24) is 15.6 Å². The molecule has 154 valence electrons. The van der Waals surface area contributed by atoms with Gasteiger partial charge in [-0.3, -0.25) is 5.43 Å². The summed E-state index contributed by atoms with van der Waals surface area (Å²) in [6.45, 7) is -1.52. The zero-order valence-electron chi connectivity index (χ0n) is 13.2. The van der Waals surface area contributed by atoms with Crippen LogP contribution in [-0.4, -0.2) is 39.2 Å². The molecule has 0 atom stereocenters. The molecular formula is C12H12F7N3O4S. The fourth-order valence-corrected chi connectivity index (χ4v) is 2.35. The van der Waals surface area contributed by atoms with Crippen molar-refractivity contribution in [3.63, 3.8) is 0 Å². The summed E-state index contributed by atoms with van der Waals surface area (Å²) in [5, 5.41) is 0.635. The van der Waals surface area contributed by atoms with Crippen LogP contribution in [0.4, 0.5) is 35.5 Å². The van der Waals surface area contributed by atoms with E-state index in [9.17, 15) is 43.9 Å². The summed E-state index contributed by atoms with van der Waals surface area (Å²) in [7, 11) is -4.55. The molecule has 0 aliphatic heterocycles. The molecule has 7 nitrogen and oxygen atoms in total. The van der Waals surface area contributed by atoms with Crippen LogP contribution in [0.25, 0.3) is 0 Å². The van der Waals surface area contributed by atoms with Crippen molar-refractivity contribution >= 4 is 16.1 Å². The van der Waals surface area contributed by atoms with E-state index >= 15 is 0 Å². The molecule has 1 aromatic rings. The van der Waals surface area contributed by atoms with Gasteiger partial charge in [-0.15, -0.1) is 4.83 Å². The number of carbonyl (C=O) groups is 1. The Kier molecular flexibility index (Phi) is 6.53. The summed E-state index contributed by atoms with van der Waals surface area (Å²) < 4.78 is 116. The molecule has 0 radical (unpaired) electrons. The van der Waals surface area contributed by atoms with Gasteiger partial charge >= 0.3 is 18.4 Å². The average molecular weight is 427 g/mol. The summed E-state index contributed by atoms with van der Waals surface area (Å²) in [6.07, 6.45) is -11.8. The van der Waals surface area contributed by atoms with Crippen molar-refractivity contribution in [3.05, 3.63) is 24.3 Å². The van der Waals surface area contributed by atoms with Crippen molar-refractivity contribution in [1.29, 1.82) is 0 Å². The van der Waals surface area contributed by atoms with E-state index in [2.05, 4.69) is 4.74 Å². The number of nitrogens with one attached hydrogen (secondary N) is 3. The number of alkyl halides is 7.